The number of esters is 1. The fraction of sp³-hybridized carbons (Fsp3) is 0.667. The van der Waals surface area contributed by atoms with Gasteiger partial charge >= 0.3 is 5.97 Å². The van der Waals surface area contributed by atoms with Crippen molar-refractivity contribution in [1.82, 2.24) is 0 Å². The zero-order valence-electron chi connectivity index (χ0n) is 27.1. The molecule has 2 aromatic carbocycles. The van der Waals surface area contributed by atoms with Crippen LogP contribution < -0.4 is 9.47 Å². The molecular weight excluding hydrogens is 516 g/mol. The van der Waals surface area contributed by atoms with Crippen molar-refractivity contribution in [2.45, 2.75) is 149 Å². The maximum absolute atomic E-state index is 12.7. The van der Waals surface area contributed by atoms with E-state index < -0.39 is 0 Å². The number of rotatable bonds is 22. The maximum atomic E-state index is 12.7. The molecule has 3 heteroatoms. The molecule has 1 saturated carbocycles. The summed E-state index contributed by atoms with van der Waals surface area (Å²) in [6.45, 7) is 5.28. The summed E-state index contributed by atoms with van der Waals surface area (Å²) in [6.07, 6.45) is 28.3. The van der Waals surface area contributed by atoms with Gasteiger partial charge in [-0.05, 0) is 73.1 Å². The Hall–Kier alpha value is -2.29. The van der Waals surface area contributed by atoms with E-state index in [1.807, 2.05) is 24.3 Å². The minimum atomic E-state index is -0.324. The van der Waals surface area contributed by atoms with E-state index >= 15 is 0 Å². The summed E-state index contributed by atoms with van der Waals surface area (Å²) >= 11 is 0. The minimum absolute atomic E-state index is 0.324. The third kappa shape index (κ3) is 14.3. The van der Waals surface area contributed by atoms with Gasteiger partial charge in [0.15, 0.2) is 0 Å². The topological polar surface area (TPSA) is 35.5 Å². The molecule has 0 spiro atoms. The minimum Gasteiger partial charge on any atom is -0.494 e. The quantitative estimate of drug-likeness (QED) is 0.0794. The molecule has 0 unspecified atom stereocenters. The average molecular weight is 577 g/mol. The predicted octanol–water partition coefficient (Wildman–Crippen LogP) is 11.9. The SMILES string of the molecule is CCCCCCCCCCCOc1ccc(C(=O)Oc2ccc(CCC3CCC(CCCCCCC)CC3)cc2)cc1. The van der Waals surface area contributed by atoms with Gasteiger partial charge in [-0.1, -0.05) is 142 Å². The molecule has 42 heavy (non-hydrogen) atoms. The number of carbonyl (C=O) groups excluding carboxylic acids is 1. The molecule has 3 rings (SSSR count). The van der Waals surface area contributed by atoms with Gasteiger partial charge in [0.25, 0.3) is 0 Å². The number of benzene rings is 2. The molecule has 0 radical (unpaired) electrons. The lowest BCUT2D eigenvalue weighted by Crippen LogP contribution is -2.15. The first-order chi connectivity index (χ1) is 20.7. The van der Waals surface area contributed by atoms with Gasteiger partial charge in [0.1, 0.15) is 11.5 Å². The van der Waals surface area contributed by atoms with Crippen molar-refractivity contribution >= 4 is 5.97 Å². The van der Waals surface area contributed by atoms with Crippen molar-refractivity contribution < 1.29 is 14.3 Å². The van der Waals surface area contributed by atoms with E-state index in [9.17, 15) is 4.79 Å². The molecule has 234 valence electrons. The first-order valence-electron chi connectivity index (χ1n) is 17.7. The van der Waals surface area contributed by atoms with E-state index in [0.29, 0.717) is 11.3 Å². The summed E-state index contributed by atoms with van der Waals surface area (Å²) in [5.41, 5.74) is 1.88. The van der Waals surface area contributed by atoms with Gasteiger partial charge in [0.2, 0.25) is 0 Å². The smallest absolute Gasteiger partial charge is 0.343 e. The summed E-state index contributed by atoms with van der Waals surface area (Å²) in [4.78, 5) is 12.7. The lowest BCUT2D eigenvalue weighted by molar-refractivity contribution is 0.0734. The van der Waals surface area contributed by atoms with Crippen LogP contribution in [0.5, 0.6) is 11.5 Å². The lowest BCUT2D eigenvalue weighted by atomic mass is 9.78. The van der Waals surface area contributed by atoms with Crippen LogP contribution in [0, 0.1) is 11.8 Å². The molecule has 2 aromatic rings. The Morgan fingerprint density at radius 1 is 0.595 bits per heavy atom. The highest BCUT2D eigenvalue weighted by atomic mass is 16.5. The summed E-state index contributed by atoms with van der Waals surface area (Å²) in [6, 6.07) is 15.4. The second kappa shape index (κ2) is 21.4. The zero-order valence-corrected chi connectivity index (χ0v) is 27.1. The van der Waals surface area contributed by atoms with E-state index in [0.717, 1.165) is 37.0 Å². The number of ether oxygens (including phenoxy) is 2. The monoisotopic (exact) mass is 576 g/mol. The van der Waals surface area contributed by atoms with Gasteiger partial charge in [-0.25, -0.2) is 4.79 Å². The van der Waals surface area contributed by atoms with Crippen LogP contribution in [0.15, 0.2) is 48.5 Å². The van der Waals surface area contributed by atoms with Gasteiger partial charge < -0.3 is 9.47 Å². The Labute approximate surface area is 258 Å². The van der Waals surface area contributed by atoms with Crippen molar-refractivity contribution in [2.75, 3.05) is 6.61 Å². The largest absolute Gasteiger partial charge is 0.494 e. The summed E-state index contributed by atoms with van der Waals surface area (Å²) in [5, 5.41) is 0. The molecule has 0 saturated heterocycles. The maximum Gasteiger partial charge on any atom is 0.343 e. The summed E-state index contributed by atoms with van der Waals surface area (Å²) < 4.78 is 11.5. The summed E-state index contributed by atoms with van der Waals surface area (Å²) in [7, 11) is 0. The first kappa shape index (κ1) is 34.2. The lowest BCUT2D eigenvalue weighted by Gasteiger charge is -2.28. The van der Waals surface area contributed by atoms with Gasteiger partial charge in [0, 0.05) is 0 Å². The molecule has 0 aromatic heterocycles. The van der Waals surface area contributed by atoms with Crippen LogP contribution in [0.2, 0.25) is 0 Å². The molecule has 1 aliphatic carbocycles. The van der Waals surface area contributed by atoms with E-state index in [4.69, 9.17) is 9.47 Å². The second-order valence-electron chi connectivity index (χ2n) is 12.9. The van der Waals surface area contributed by atoms with Gasteiger partial charge in [-0.3, -0.25) is 0 Å². The number of hydrogen-bond donors (Lipinski definition) is 0. The van der Waals surface area contributed by atoms with Gasteiger partial charge in [-0.15, -0.1) is 0 Å². The Morgan fingerprint density at radius 3 is 1.69 bits per heavy atom. The Bertz CT molecular complexity index is 941. The molecule has 0 aliphatic heterocycles. The van der Waals surface area contributed by atoms with Crippen LogP contribution >= 0.6 is 0 Å². The van der Waals surface area contributed by atoms with Gasteiger partial charge in [-0.2, -0.15) is 0 Å². The molecule has 3 nitrogen and oxygen atoms in total. The fourth-order valence-corrected chi connectivity index (χ4v) is 6.40. The van der Waals surface area contributed by atoms with Crippen molar-refractivity contribution in [3.63, 3.8) is 0 Å². The van der Waals surface area contributed by atoms with Crippen LogP contribution in [-0.4, -0.2) is 12.6 Å². The van der Waals surface area contributed by atoms with Crippen LogP contribution in [0.1, 0.15) is 158 Å². The van der Waals surface area contributed by atoms with E-state index in [1.165, 1.54) is 128 Å². The Kier molecular flexibility index (Phi) is 17.4. The van der Waals surface area contributed by atoms with Crippen LogP contribution in [-0.2, 0) is 6.42 Å². The van der Waals surface area contributed by atoms with Crippen molar-refractivity contribution in [3.05, 3.63) is 59.7 Å². The van der Waals surface area contributed by atoms with E-state index in [-0.39, 0.29) is 5.97 Å². The van der Waals surface area contributed by atoms with E-state index in [1.54, 1.807) is 12.1 Å². The van der Waals surface area contributed by atoms with Crippen molar-refractivity contribution in [1.29, 1.82) is 0 Å². The Morgan fingerprint density at radius 2 is 1.10 bits per heavy atom. The normalized spacial score (nSPS) is 16.8. The number of hydrogen-bond acceptors (Lipinski definition) is 3. The second-order valence-corrected chi connectivity index (χ2v) is 12.9. The van der Waals surface area contributed by atoms with Gasteiger partial charge in [0.05, 0.1) is 12.2 Å². The van der Waals surface area contributed by atoms with Crippen LogP contribution in [0.25, 0.3) is 0 Å². The predicted molar refractivity (Wildman–Crippen MR) is 178 cm³/mol. The molecule has 0 atom stereocenters. The zero-order chi connectivity index (χ0) is 29.7. The van der Waals surface area contributed by atoms with Crippen LogP contribution in [0.3, 0.4) is 0 Å². The molecule has 0 amide bonds. The highest BCUT2D eigenvalue weighted by molar-refractivity contribution is 5.91. The van der Waals surface area contributed by atoms with E-state index in [2.05, 4.69) is 26.0 Å². The fourth-order valence-electron chi connectivity index (χ4n) is 6.40. The molecule has 0 heterocycles. The highest BCUT2D eigenvalue weighted by Crippen LogP contribution is 2.34. The van der Waals surface area contributed by atoms with Crippen molar-refractivity contribution in [2.24, 2.45) is 11.8 Å². The number of aryl methyl sites for hydroxylation is 1. The molecular formula is C39H60O3. The number of unbranched alkanes of at least 4 members (excludes halogenated alkanes) is 12. The third-order valence-corrected chi connectivity index (χ3v) is 9.26. The standard InChI is InChI=1S/C39H60O3/c1-3-5-7-9-10-11-12-14-16-32-41-37-30-26-36(27-31-37)39(40)42-38-28-24-35(25-29-38)23-22-34-20-18-33(19-21-34)17-15-13-8-6-4-2/h24-31,33-34H,3-23,32H2,1-2H3. The summed E-state index contributed by atoms with van der Waals surface area (Å²) in [5.74, 6) is 2.94. The number of carbonyl (C=O) groups is 1. The third-order valence-electron chi connectivity index (χ3n) is 9.26. The molecule has 0 N–H and O–H groups in total. The molecule has 0 bridgehead atoms. The van der Waals surface area contributed by atoms with Crippen LogP contribution in [0.4, 0.5) is 0 Å². The Balaban J connectivity index is 1.26. The molecule has 1 fully saturated rings. The molecule has 1 aliphatic rings. The average Bonchev–Trinajstić information content (AvgIpc) is 3.02. The van der Waals surface area contributed by atoms with Crippen molar-refractivity contribution in [3.8, 4) is 11.5 Å². The highest BCUT2D eigenvalue weighted by Gasteiger charge is 2.20. The first-order valence-corrected chi connectivity index (χ1v) is 17.7.